The number of rotatable bonds is 2. The average molecular weight is 292 g/mol. The van der Waals surface area contributed by atoms with Crippen molar-refractivity contribution >= 4 is 21.4 Å². The molecule has 20 heavy (non-hydrogen) atoms. The summed E-state index contributed by atoms with van der Waals surface area (Å²) in [5, 5.41) is 0. The number of nitrogens with zero attached hydrogens (tertiary/aromatic N) is 1. The predicted octanol–water partition coefficient (Wildman–Crippen LogP) is 2.16. The maximum Gasteiger partial charge on any atom is 0.267 e. The molecule has 0 unspecified atom stereocenters. The Balaban J connectivity index is 2.10. The SMILES string of the molecule is Nc1ccc2c(c1)CCN2S(=O)(=O)c1ccccc1F. The molecule has 0 saturated heterocycles. The maximum absolute atomic E-state index is 13.8. The molecule has 104 valence electrons. The van der Waals surface area contributed by atoms with Crippen molar-refractivity contribution in [2.45, 2.75) is 11.3 Å². The van der Waals surface area contributed by atoms with E-state index in [1.165, 1.54) is 22.5 Å². The molecule has 0 amide bonds. The van der Waals surface area contributed by atoms with Gasteiger partial charge in [-0.25, -0.2) is 12.8 Å². The van der Waals surface area contributed by atoms with Crippen molar-refractivity contribution in [3.8, 4) is 0 Å². The highest BCUT2D eigenvalue weighted by atomic mass is 32.2. The van der Waals surface area contributed by atoms with E-state index in [2.05, 4.69) is 0 Å². The molecule has 0 spiro atoms. The molecule has 2 aromatic carbocycles. The van der Waals surface area contributed by atoms with Gasteiger partial charge in [-0.05, 0) is 42.3 Å². The minimum atomic E-state index is -3.88. The van der Waals surface area contributed by atoms with E-state index in [-0.39, 0.29) is 4.90 Å². The van der Waals surface area contributed by atoms with E-state index >= 15 is 0 Å². The molecule has 0 bridgehead atoms. The highest BCUT2D eigenvalue weighted by molar-refractivity contribution is 7.92. The third-order valence-corrected chi connectivity index (χ3v) is 5.21. The van der Waals surface area contributed by atoms with E-state index < -0.39 is 15.8 Å². The van der Waals surface area contributed by atoms with Crippen LogP contribution in [0.5, 0.6) is 0 Å². The Morgan fingerprint density at radius 3 is 2.65 bits per heavy atom. The molecule has 0 fully saturated rings. The van der Waals surface area contributed by atoms with Crippen LogP contribution in [0.3, 0.4) is 0 Å². The van der Waals surface area contributed by atoms with Crippen LogP contribution in [0.1, 0.15) is 5.56 Å². The summed E-state index contributed by atoms with van der Waals surface area (Å²) in [6.07, 6.45) is 0.577. The molecule has 1 aliphatic rings. The zero-order valence-electron chi connectivity index (χ0n) is 10.6. The molecule has 2 N–H and O–H groups in total. The van der Waals surface area contributed by atoms with E-state index in [9.17, 15) is 12.8 Å². The summed E-state index contributed by atoms with van der Waals surface area (Å²) in [6, 6.07) is 10.5. The zero-order valence-corrected chi connectivity index (χ0v) is 11.4. The first-order valence-electron chi connectivity index (χ1n) is 6.16. The molecule has 0 radical (unpaired) electrons. The third kappa shape index (κ3) is 1.92. The Morgan fingerprint density at radius 1 is 1.15 bits per heavy atom. The number of hydrogen-bond donors (Lipinski definition) is 1. The fourth-order valence-corrected chi connectivity index (χ4v) is 3.98. The first-order valence-corrected chi connectivity index (χ1v) is 7.60. The lowest BCUT2D eigenvalue weighted by Crippen LogP contribution is -2.29. The molecule has 0 aromatic heterocycles. The molecule has 1 aliphatic heterocycles. The molecule has 0 aliphatic carbocycles. The van der Waals surface area contributed by atoms with Crippen molar-refractivity contribution in [3.05, 3.63) is 53.8 Å². The normalized spacial score (nSPS) is 14.3. The number of benzene rings is 2. The fourth-order valence-electron chi connectivity index (χ4n) is 2.41. The van der Waals surface area contributed by atoms with Gasteiger partial charge in [-0.2, -0.15) is 0 Å². The minimum absolute atomic E-state index is 0.301. The molecule has 1 heterocycles. The standard InChI is InChI=1S/C14H13FN2O2S/c15-12-3-1-2-4-14(12)20(18,19)17-8-7-10-9-11(16)5-6-13(10)17/h1-6,9H,7-8,16H2. The smallest absolute Gasteiger partial charge is 0.267 e. The van der Waals surface area contributed by atoms with Crippen molar-refractivity contribution in [1.82, 2.24) is 0 Å². The van der Waals surface area contributed by atoms with E-state index in [0.717, 1.165) is 11.6 Å². The number of anilines is 2. The quantitative estimate of drug-likeness (QED) is 0.863. The summed E-state index contributed by atoms with van der Waals surface area (Å²) in [7, 11) is -3.88. The van der Waals surface area contributed by atoms with Gasteiger partial charge in [0.05, 0.1) is 5.69 Å². The third-order valence-electron chi connectivity index (χ3n) is 3.36. The van der Waals surface area contributed by atoms with E-state index in [1.54, 1.807) is 18.2 Å². The number of fused-ring (bicyclic) bond motifs is 1. The average Bonchev–Trinajstić information content (AvgIpc) is 2.82. The van der Waals surface area contributed by atoms with Gasteiger partial charge >= 0.3 is 0 Å². The summed E-state index contributed by atoms with van der Waals surface area (Å²) < 4.78 is 40.1. The largest absolute Gasteiger partial charge is 0.399 e. The van der Waals surface area contributed by atoms with Crippen LogP contribution in [0.25, 0.3) is 0 Å². The lowest BCUT2D eigenvalue weighted by molar-refractivity contribution is 0.564. The number of sulfonamides is 1. The highest BCUT2D eigenvalue weighted by Crippen LogP contribution is 2.34. The van der Waals surface area contributed by atoms with Crippen molar-refractivity contribution in [2.75, 3.05) is 16.6 Å². The second kappa shape index (κ2) is 4.49. The lowest BCUT2D eigenvalue weighted by atomic mass is 10.1. The number of hydrogen-bond acceptors (Lipinski definition) is 3. The van der Waals surface area contributed by atoms with Crippen molar-refractivity contribution in [2.24, 2.45) is 0 Å². The van der Waals surface area contributed by atoms with Crippen LogP contribution < -0.4 is 10.0 Å². The Hall–Kier alpha value is -2.08. The second-order valence-electron chi connectivity index (χ2n) is 4.65. The molecule has 4 nitrogen and oxygen atoms in total. The van der Waals surface area contributed by atoms with Crippen molar-refractivity contribution in [3.63, 3.8) is 0 Å². The van der Waals surface area contributed by atoms with Crippen LogP contribution in [-0.2, 0) is 16.4 Å². The first-order chi connectivity index (χ1) is 9.50. The number of nitrogen functional groups attached to an aromatic ring is 1. The van der Waals surface area contributed by atoms with Crippen LogP contribution in [0.4, 0.5) is 15.8 Å². The van der Waals surface area contributed by atoms with Gasteiger partial charge in [-0.15, -0.1) is 0 Å². The summed E-state index contributed by atoms with van der Waals surface area (Å²) >= 11 is 0. The van der Waals surface area contributed by atoms with Crippen LogP contribution in [0, 0.1) is 5.82 Å². The zero-order chi connectivity index (χ0) is 14.3. The van der Waals surface area contributed by atoms with Crippen molar-refractivity contribution < 1.29 is 12.8 Å². The van der Waals surface area contributed by atoms with Crippen LogP contribution in [-0.4, -0.2) is 15.0 Å². The molecular formula is C14H13FN2O2S. The Labute approximate surface area is 116 Å². The molecular weight excluding hydrogens is 279 g/mol. The highest BCUT2D eigenvalue weighted by Gasteiger charge is 2.32. The van der Waals surface area contributed by atoms with Gasteiger partial charge in [0.25, 0.3) is 10.0 Å². The lowest BCUT2D eigenvalue weighted by Gasteiger charge is -2.19. The number of halogens is 1. The monoisotopic (exact) mass is 292 g/mol. The summed E-state index contributed by atoms with van der Waals surface area (Å²) in [6.45, 7) is 0.301. The van der Waals surface area contributed by atoms with Crippen LogP contribution in [0.15, 0.2) is 47.4 Å². The maximum atomic E-state index is 13.8. The van der Waals surface area contributed by atoms with Gasteiger partial charge in [-0.1, -0.05) is 12.1 Å². The molecule has 3 rings (SSSR count). The molecule has 0 atom stereocenters. The molecule has 2 aromatic rings. The summed E-state index contributed by atoms with van der Waals surface area (Å²) in [5.74, 6) is -0.739. The topological polar surface area (TPSA) is 63.4 Å². The van der Waals surface area contributed by atoms with E-state index in [0.29, 0.717) is 24.3 Å². The number of nitrogens with two attached hydrogens (primary N) is 1. The fraction of sp³-hybridized carbons (Fsp3) is 0.143. The first kappa shape index (κ1) is 12.9. The van der Waals surface area contributed by atoms with Gasteiger partial charge in [-0.3, -0.25) is 4.31 Å². The van der Waals surface area contributed by atoms with Crippen LogP contribution >= 0.6 is 0 Å². The Bertz CT molecular complexity index is 774. The van der Waals surface area contributed by atoms with Gasteiger partial charge in [0.15, 0.2) is 0 Å². The Morgan fingerprint density at radius 2 is 1.90 bits per heavy atom. The summed E-state index contributed by atoms with van der Waals surface area (Å²) in [4.78, 5) is -0.301. The summed E-state index contributed by atoms with van der Waals surface area (Å²) in [5.41, 5.74) is 7.72. The Kier molecular flexibility index (Phi) is 2.90. The van der Waals surface area contributed by atoms with Gasteiger partial charge in [0, 0.05) is 12.2 Å². The van der Waals surface area contributed by atoms with Gasteiger partial charge < -0.3 is 5.73 Å². The predicted molar refractivity (Wildman–Crippen MR) is 75.5 cm³/mol. The van der Waals surface area contributed by atoms with Crippen LogP contribution in [0.2, 0.25) is 0 Å². The van der Waals surface area contributed by atoms with E-state index in [1.807, 2.05) is 0 Å². The molecule has 0 saturated carbocycles. The second-order valence-corrected chi connectivity index (χ2v) is 6.48. The van der Waals surface area contributed by atoms with Gasteiger partial charge in [0.2, 0.25) is 0 Å². The minimum Gasteiger partial charge on any atom is -0.399 e. The molecule has 6 heteroatoms. The van der Waals surface area contributed by atoms with Gasteiger partial charge in [0.1, 0.15) is 10.7 Å². The van der Waals surface area contributed by atoms with E-state index in [4.69, 9.17) is 5.73 Å². The van der Waals surface area contributed by atoms with Crippen molar-refractivity contribution in [1.29, 1.82) is 0 Å².